The van der Waals surface area contributed by atoms with Crippen LogP contribution < -0.4 is 20.3 Å². The van der Waals surface area contributed by atoms with Crippen LogP contribution >= 0.6 is 11.6 Å². The largest absolute Gasteiger partial charge is 0.490 e. The Morgan fingerprint density at radius 3 is 2.68 bits per heavy atom. The number of rotatable bonds is 10. The molecule has 0 saturated heterocycles. The molecule has 14 heteroatoms. The number of nitrogens with zero attached hydrogens (tertiary/aromatic N) is 4. The minimum Gasteiger partial charge on any atom is -0.490 e. The Morgan fingerprint density at radius 1 is 1.11 bits per heavy atom. The molecule has 6 aromatic rings. The molecule has 4 aromatic carbocycles. The summed E-state index contributed by atoms with van der Waals surface area (Å²) >= 11 is 6.14. The second-order valence-electron chi connectivity index (χ2n) is 9.98. The Kier molecular flexibility index (Phi) is 8.62. The van der Waals surface area contributed by atoms with Gasteiger partial charge in [-0.15, -0.1) is 0 Å². The number of carbonyl (C=O) groups excluding carboxylic acids is 1. The van der Waals surface area contributed by atoms with Crippen molar-refractivity contribution in [3.05, 3.63) is 122 Å². The Morgan fingerprint density at radius 2 is 1.89 bits per heavy atom. The van der Waals surface area contributed by atoms with Gasteiger partial charge in [-0.05, 0) is 61.5 Å². The number of ether oxygens (including phenoxy) is 2. The molecule has 0 aliphatic heterocycles. The molecule has 1 N–H and O–H groups in total. The van der Waals surface area contributed by atoms with Crippen LogP contribution in [0.25, 0.3) is 33.5 Å². The normalized spacial score (nSPS) is 11.3. The van der Waals surface area contributed by atoms with Crippen LogP contribution in [0.1, 0.15) is 12.5 Å². The molecule has 0 unspecified atom stereocenters. The van der Waals surface area contributed by atoms with Gasteiger partial charge in [0.25, 0.3) is 11.5 Å². The molecule has 2 heterocycles. The fourth-order valence-electron chi connectivity index (χ4n) is 4.75. The Bertz CT molecular complexity index is 2270. The summed E-state index contributed by atoms with van der Waals surface area (Å²) in [4.78, 5) is 42.2. The molecule has 47 heavy (non-hydrogen) atoms. The number of nitro groups is 1. The lowest BCUT2D eigenvalue weighted by molar-refractivity contribution is -0.385. The average molecular weight is 656 g/mol. The maximum Gasteiger partial charge on any atom is 0.315 e. The summed E-state index contributed by atoms with van der Waals surface area (Å²) in [5.41, 5.74) is -0.0259. The summed E-state index contributed by atoms with van der Waals surface area (Å²) in [6.07, 6.45) is 1.23. The molecule has 0 bridgehead atoms. The van der Waals surface area contributed by atoms with Gasteiger partial charge in [0, 0.05) is 22.0 Å². The molecular formula is C33H23ClFN5O7. The first-order valence-corrected chi connectivity index (χ1v) is 14.5. The van der Waals surface area contributed by atoms with E-state index in [1.54, 1.807) is 55.5 Å². The number of anilines is 1. The smallest absolute Gasteiger partial charge is 0.315 e. The van der Waals surface area contributed by atoms with Crippen molar-refractivity contribution in [1.29, 1.82) is 0 Å². The summed E-state index contributed by atoms with van der Waals surface area (Å²) in [6.45, 7) is 1.09. The van der Waals surface area contributed by atoms with Crippen molar-refractivity contribution >= 4 is 57.0 Å². The molecule has 12 nitrogen and oxygen atoms in total. The summed E-state index contributed by atoms with van der Waals surface area (Å²) in [7, 11) is 0. The van der Waals surface area contributed by atoms with Gasteiger partial charge in [-0.25, -0.2) is 9.37 Å². The summed E-state index contributed by atoms with van der Waals surface area (Å²) in [5.74, 6) is -1.46. The molecular weight excluding hydrogens is 633 g/mol. The van der Waals surface area contributed by atoms with Crippen LogP contribution in [0.15, 0.2) is 99.2 Å². The van der Waals surface area contributed by atoms with E-state index in [4.69, 9.17) is 25.5 Å². The van der Waals surface area contributed by atoms with E-state index in [0.29, 0.717) is 21.5 Å². The Balaban J connectivity index is 1.38. The molecule has 1 amide bonds. The zero-order chi connectivity index (χ0) is 33.1. The van der Waals surface area contributed by atoms with Crippen LogP contribution in [0.5, 0.6) is 11.5 Å². The van der Waals surface area contributed by atoms with Crippen LogP contribution in [0, 0.1) is 15.9 Å². The highest BCUT2D eigenvalue weighted by molar-refractivity contribution is 6.31. The maximum absolute atomic E-state index is 14.0. The standard InChI is InChI=1S/C33H23ClFN5O7/c1-2-45-28-14-19(13-26(40(43)44)31(28)46-18-30(41)37-25-10-6-4-8-23(25)35)17-36-39-32(38-24-9-5-3-7-22(24)33(39)42)29-16-20-15-21(34)11-12-27(20)47-29/h3-17H,2,18H2,1H3,(H,37,41). The number of hydrogen-bond acceptors (Lipinski definition) is 9. The van der Waals surface area contributed by atoms with Gasteiger partial charge >= 0.3 is 5.69 Å². The van der Waals surface area contributed by atoms with Crippen molar-refractivity contribution in [2.24, 2.45) is 5.10 Å². The number of fused-ring (bicyclic) bond motifs is 2. The fourth-order valence-corrected chi connectivity index (χ4v) is 4.93. The molecule has 6 rings (SSSR count). The van der Waals surface area contributed by atoms with Crippen molar-refractivity contribution in [1.82, 2.24) is 9.66 Å². The summed E-state index contributed by atoms with van der Waals surface area (Å²) in [6, 6.07) is 21.6. The average Bonchev–Trinajstić information content (AvgIpc) is 3.48. The number of aromatic nitrogens is 2. The van der Waals surface area contributed by atoms with E-state index in [1.807, 2.05) is 0 Å². The number of hydrogen-bond donors (Lipinski definition) is 1. The lowest BCUT2D eigenvalue weighted by Crippen LogP contribution is -2.21. The van der Waals surface area contributed by atoms with E-state index in [9.17, 15) is 24.1 Å². The van der Waals surface area contributed by atoms with Gasteiger partial charge in [0.1, 0.15) is 11.4 Å². The number of amides is 1. The summed E-state index contributed by atoms with van der Waals surface area (Å²) in [5, 5.41) is 20.3. The molecule has 0 aliphatic carbocycles. The van der Waals surface area contributed by atoms with E-state index >= 15 is 0 Å². The van der Waals surface area contributed by atoms with Gasteiger partial charge in [0.15, 0.2) is 18.1 Å². The fraction of sp³-hybridized carbons (Fsp3) is 0.0909. The molecule has 2 aromatic heterocycles. The maximum atomic E-state index is 14.0. The van der Waals surface area contributed by atoms with Gasteiger partial charge in [-0.3, -0.25) is 19.7 Å². The number of halogens is 2. The minimum atomic E-state index is -0.749. The van der Waals surface area contributed by atoms with Gasteiger partial charge in [0.2, 0.25) is 11.6 Å². The molecule has 0 saturated carbocycles. The highest BCUT2D eigenvalue weighted by atomic mass is 35.5. The van der Waals surface area contributed by atoms with Gasteiger partial charge in [-0.2, -0.15) is 9.78 Å². The number of nitro benzene ring substituents is 1. The summed E-state index contributed by atoms with van der Waals surface area (Å²) < 4.78 is 32.1. The first kappa shape index (κ1) is 30.9. The van der Waals surface area contributed by atoms with Crippen molar-refractivity contribution in [3.8, 4) is 23.1 Å². The predicted molar refractivity (Wildman–Crippen MR) is 174 cm³/mol. The molecule has 0 radical (unpaired) electrons. The first-order valence-electron chi connectivity index (χ1n) is 14.1. The van der Waals surface area contributed by atoms with Crippen LogP contribution in [0.4, 0.5) is 15.8 Å². The minimum absolute atomic E-state index is 0.0554. The molecule has 236 valence electrons. The zero-order valence-electron chi connectivity index (χ0n) is 24.5. The van der Waals surface area contributed by atoms with Crippen molar-refractivity contribution in [2.75, 3.05) is 18.5 Å². The molecule has 0 fully saturated rings. The van der Waals surface area contributed by atoms with E-state index in [1.165, 1.54) is 36.5 Å². The number of benzene rings is 4. The van der Waals surface area contributed by atoms with Crippen LogP contribution in [-0.2, 0) is 4.79 Å². The lowest BCUT2D eigenvalue weighted by atomic mass is 10.2. The van der Waals surface area contributed by atoms with Crippen molar-refractivity contribution < 1.29 is 28.0 Å². The second-order valence-corrected chi connectivity index (χ2v) is 10.4. The molecule has 0 aliphatic rings. The van der Waals surface area contributed by atoms with Crippen LogP contribution in [0.2, 0.25) is 5.02 Å². The topological polar surface area (TPSA) is 151 Å². The highest BCUT2D eigenvalue weighted by Crippen LogP contribution is 2.38. The highest BCUT2D eigenvalue weighted by Gasteiger charge is 2.24. The third-order valence-corrected chi connectivity index (χ3v) is 7.06. The van der Waals surface area contributed by atoms with E-state index in [-0.39, 0.29) is 46.3 Å². The second kappa shape index (κ2) is 13.1. The van der Waals surface area contributed by atoms with E-state index < -0.39 is 34.5 Å². The Labute approximate surface area is 269 Å². The van der Waals surface area contributed by atoms with E-state index in [0.717, 1.165) is 10.7 Å². The molecule has 0 atom stereocenters. The van der Waals surface area contributed by atoms with Gasteiger partial charge in [0.05, 0.1) is 34.3 Å². The third-order valence-electron chi connectivity index (χ3n) is 6.82. The quantitative estimate of drug-likeness (QED) is 0.0960. The van der Waals surface area contributed by atoms with Crippen molar-refractivity contribution in [3.63, 3.8) is 0 Å². The Hall–Kier alpha value is -6.08. The predicted octanol–water partition coefficient (Wildman–Crippen LogP) is 6.81. The number of carbonyl (C=O) groups is 1. The zero-order valence-corrected chi connectivity index (χ0v) is 25.2. The monoisotopic (exact) mass is 655 g/mol. The number of para-hydroxylation sites is 2. The van der Waals surface area contributed by atoms with Gasteiger partial charge in [-0.1, -0.05) is 35.9 Å². The SMILES string of the molecule is CCOc1cc(C=Nn2c(-c3cc4cc(Cl)ccc4o3)nc3ccccc3c2=O)cc([N+](=O)[O-])c1OCC(=O)Nc1ccccc1F. The lowest BCUT2D eigenvalue weighted by Gasteiger charge is -2.13. The number of furan rings is 1. The van der Waals surface area contributed by atoms with Gasteiger partial charge < -0.3 is 19.2 Å². The molecule has 0 spiro atoms. The number of nitrogens with one attached hydrogen (secondary N) is 1. The van der Waals surface area contributed by atoms with E-state index in [2.05, 4.69) is 15.4 Å². The van der Waals surface area contributed by atoms with Crippen molar-refractivity contribution in [2.45, 2.75) is 6.92 Å². The first-order chi connectivity index (χ1) is 22.7. The third kappa shape index (κ3) is 6.51. The van der Waals surface area contributed by atoms with Crippen LogP contribution in [-0.4, -0.2) is 39.9 Å². The van der Waals surface area contributed by atoms with Crippen LogP contribution in [0.3, 0.4) is 0 Å².